The predicted molar refractivity (Wildman–Crippen MR) is 137 cm³/mol. The topological polar surface area (TPSA) is 122 Å². The van der Waals surface area contributed by atoms with Crippen LogP contribution < -0.4 is 10.1 Å². The first-order valence-corrected chi connectivity index (χ1v) is 13.0. The number of rotatable bonds is 11. The molecule has 0 bridgehead atoms. The van der Waals surface area contributed by atoms with Gasteiger partial charge in [-0.3, -0.25) is 10.1 Å². The first kappa shape index (κ1) is 27.4. The van der Waals surface area contributed by atoms with Crippen LogP contribution in [0.4, 0.5) is 0 Å². The summed E-state index contributed by atoms with van der Waals surface area (Å²) >= 11 is 0. The second-order valence-corrected chi connectivity index (χ2v) is 11.4. The van der Waals surface area contributed by atoms with Crippen LogP contribution in [0.3, 0.4) is 0 Å². The Kier molecular flexibility index (Phi) is 8.22. The molecule has 0 aliphatic rings. The number of aryl methyl sites for hydroxylation is 2. The smallest absolute Gasteiger partial charge is 0.317 e. The van der Waals surface area contributed by atoms with Crippen LogP contribution in [0.1, 0.15) is 43.4 Å². The van der Waals surface area contributed by atoms with E-state index in [1.54, 1.807) is 45.0 Å². The lowest BCUT2D eigenvalue weighted by Gasteiger charge is -2.36. The maximum Gasteiger partial charge on any atom is 0.317 e. The van der Waals surface area contributed by atoms with Gasteiger partial charge < -0.3 is 14.3 Å². The van der Waals surface area contributed by atoms with Gasteiger partial charge in [0.25, 0.3) is 0 Å². The van der Waals surface area contributed by atoms with E-state index in [9.17, 15) is 18.3 Å². The number of oxazole rings is 1. The van der Waals surface area contributed by atoms with Crippen LogP contribution >= 0.6 is 0 Å². The molecule has 2 aromatic carbocycles. The highest BCUT2D eigenvalue weighted by Crippen LogP contribution is 2.33. The molecule has 3 rings (SSSR count). The first-order chi connectivity index (χ1) is 16.8. The fraction of sp³-hybridized carbons (Fsp3) is 0.385. The zero-order chi connectivity index (χ0) is 26.7. The molecule has 1 atom stereocenters. The summed E-state index contributed by atoms with van der Waals surface area (Å²) in [4.78, 5) is 14.1. The second kappa shape index (κ2) is 10.8. The van der Waals surface area contributed by atoms with Crippen molar-refractivity contribution in [3.63, 3.8) is 0 Å². The Morgan fingerprint density at radius 2 is 1.86 bits per heavy atom. The van der Waals surface area contributed by atoms with Crippen LogP contribution in [-0.4, -0.2) is 48.4 Å². The molecular weight excluding hydrogens is 482 g/mol. The number of carboxylic acids is 1. The van der Waals surface area contributed by atoms with Crippen LogP contribution in [0, 0.1) is 13.8 Å². The van der Waals surface area contributed by atoms with E-state index in [0.29, 0.717) is 28.7 Å². The third kappa shape index (κ3) is 5.77. The van der Waals surface area contributed by atoms with Gasteiger partial charge in [0.15, 0.2) is 4.87 Å². The zero-order valence-electron chi connectivity index (χ0n) is 21.4. The summed E-state index contributed by atoms with van der Waals surface area (Å²) in [6.45, 7) is 8.35. The number of hydrogen-bond donors (Lipinski definition) is 2. The first-order valence-electron chi connectivity index (χ1n) is 11.6. The van der Waals surface area contributed by atoms with E-state index in [2.05, 4.69) is 10.3 Å². The highest BCUT2D eigenvalue weighted by molar-refractivity contribution is 7.90. The number of carbonyl (C=O) groups is 1. The van der Waals surface area contributed by atoms with Gasteiger partial charge in [0, 0.05) is 18.7 Å². The van der Waals surface area contributed by atoms with E-state index in [4.69, 9.17) is 9.15 Å². The molecule has 0 radical (unpaired) electrons. The average molecular weight is 516 g/mol. The number of ether oxygens (including phenoxy) is 1. The Morgan fingerprint density at radius 3 is 2.47 bits per heavy atom. The minimum absolute atomic E-state index is 0.114. The summed E-state index contributed by atoms with van der Waals surface area (Å²) in [7, 11) is -2.52. The van der Waals surface area contributed by atoms with E-state index in [1.165, 1.54) is 18.3 Å². The van der Waals surface area contributed by atoms with Crippen molar-refractivity contribution >= 4 is 16.0 Å². The average Bonchev–Trinajstić information content (AvgIpc) is 3.21. The van der Waals surface area contributed by atoms with E-state index in [0.717, 1.165) is 11.1 Å². The fourth-order valence-corrected chi connectivity index (χ4v) is 5.38. The summed E-state index contributed by atoms with van der Waals surface area (Å²) in [5.74, 6) is 0.364. The number of nitrogens with one attached hydrogen (secondary N) is 1. The van der Waals surface area contributed by atoms with Crippen molar-refractivity contribution in [3.8, 4) is 17.2 Å². The summed E-state index contributed by atoms with van der Waals surface area (Å²) in [5.41, 5.74) is 2.97. The van der Waals surface area contributed by atoms with Gasteiger partial charge >= 0.3 is 5.97 Å². The molecule has 0 saturated heterocycles. The Balaban J connectivity index is 1.87. The third-order valence-corrected chi connectivity index (χ3v) is 8.74. The predicted octanol–water partition coefficient (Wildman–Crippen LogP) is 4.05. The summed E-state index contributed by atoms with van der Waals surface area (Å²) in [6, 6.07) is 14.1. The van der Waals surface area contributed by atoms with Crippen molar-refractivity contribution in [2.24, 2.45) is 0 Å². The van der Waals surface area contributed by atoms with Gasteiger partial charge in [-0.2, -0.15) is 0 Å². The standard InChI is InChI=1S/C26H33N3O6S/c1-17(2)29(6)36(32,33)26(5,27-15-24(30)31)21-8-7-9-22(14-21)34-16-23-19(4)35-25(28-23)20-12-10-18(3)11-13-20/h7-14,17,27H,15-16H2,1-6H3,(H,30,31). The van der Waals surface area contributed by atoms with Crippen LogP contribution in [0.15, 0.2) is 52.9 Å². The van der Waals surface area contributed by atoms with Crippen LogP contribution in [0.25, 0.3) is 11.5 Å². The molecular formula is C26H33N3O6S. The Bertz CT molecular complexity index is 1320. The minimum Gasteiger partial charge on any atom is -0.487 e. The summed E-state index contributed by atoms with van der Waals surface area (Å²) < 4.78 is 40.0. The monoisotopic (exact) mass is 515 g/mol. The lowest BCUT2D eigenvalue weighted by molar-refractivity contribution is -0.136. The molecule has 9 nitrogen and oxygen atoms in total. The molecule has 0 saturated carbocycles. The molecule has 1 aromatic heterocycles. The normalized spacial score (nSPS) is 13.7. The fourth-order valence-electron chi connectivity index (χ4n) is 3.57. The zero-order valence-corrected chi connectivity index (χ0v) is 22.2. The maximum absolute atomic E-state index is 13.5. The number of aliphatic carboxylic acids is 1. The Labute approximate surface area is 212 Å². The van der Waals surface area contributed by atoms with Crippen LogP contribution in [-0.2, 0) is 26.3 Å². The van der Waals surface area contributed by atoms with Crippen LogP contribution in [0.2, 0.25) is 0 Å². The Hall–Kier alpha value is -3.21. The van der Waals surface area contributed by atoms with Crippen molar-refractivity contribution in [2.45, 2.75) is 52.1 Å². The van der Waals surface area contributed by atoms with Gasteiger partial charge in [0.2, 0.25) is 15.9 Å². The van der Waals surface area contributed by atoms with Gasteiger partial charge in [-0.25, -0.2) is 17.7 Å². The molecule has 0 aliphatic heterocycles. The lowest BCUT2D eigenvalue weighted by atomic mass is 10.1. The van der Waals surface area contributed by atoms with Gasteiger partial charge in [-0.05, 0) is 64.4 Å². The number of carboxylic acid groups (broad SMARTS) is 1. The van der Waals surface area contributed by atoms with E-state index in [1.807, 2.05) is 31.2 Å². The molecule has 0 aliphatic carbocycles. The SMILES string of the molecule is Cc1ccc(-c2nc(COc3cccc(C(C)(NCC(=O)O)S(=O)(=O)N(C)C(C)C)c3)c(C)o2)cc1. The van der Waals surface area contributed by atoms with Gasteiger partial charge in [0.05, 0.1) is 6.54 Å². The second-order valence-electron chi connectivity index (χ2n) is 9.10. The van der Waals surface area contributed by atoms with Crippen molar-refractivity contribution in [3.05, 3.63) is 71.1 Å². The van der Waals surface area contributed by atoms with Gasteiger partial charge in [-0.15, -0.1) is 0 Å². The van der Waals surface area contributed by atoms with Crippen LogP contribution in [0.5, 0.6) is 5.75 Å². The highest BCUT2D eigenvalue weighted by Gasteiger charge is 2.44. The molecule has 0 fully saturated rings. The molecule has 1 heterocycles. The maximum atomic E-state index is 13.5. The number of nitrogens with zero attached hydrogens (tertiary/aromatic N) is 2. The van der Waals surface area contributed by atoms with Gasteiger partial charge in [0.1, 0.15) is 23.8 Å². The van der Waals surface area contributed by atoms with Gasteiger partial charge in [-0.1, -0.05) is 29.8 Å². The van der Waals surface area contributed by atoms with E-state index < -0.39 is 27.4 Å². The summed E-state index contributed by atoms with van der Waals surface area (Å²) in [6.07, 6.45) is 0. The molecule has 3 aromatic rings. The highest BCUT2D eigenvalue weighted by atomic mass is 32.2. The molecule has 2 N–H and O–H groups in total. The number of sulfonamides is 1. The molecule has 0 amide bonds. The number of benzene rings is 2. The Morgan fingerprint density at radius 1 is 1.19 bits per heavy atom. The minimum atomic E-state index is -3.99. The summed E-state index contributed by atoms with van der Waals surface area (Å²) in [5, 5.41) is 11.9. The van der Waals surface area contributed by atoms with Crippen molar-refractivity contribution in [2.75, 3.05) is 13.6 Å². The molecule has 36 heavy (non-hydrogen) atoms. The largest absolute Gasteiger partial charge is 0.487 e. The van der Waals surface area contributed by atoms with Crippen molar-refractivity contribution in [1.29, 1.82) is 0 Å². The lowest BCUT2D eigenvalue weighted by Crippen LogP contribution is -2.54. The number of hydrogen-bond acceptors (Lipinski definition) is 7. The third-order valence-electron chi connectivity index (χ3n) is 6.15. The van der Waals surface area contributed by atoms with Crippen molar-refractivity contribution < 1.29 is 27.5 Å². The molecule has 10 heteroatoms. The van der Waals surface area contributed by atoms with Crippen molar-refractivity contribution in [1.82, 2.24) is 14.6 Å². The quantitative estimate of drug-likeness (QED) is 0.392. The van der Waals surface area contributed by atoms with E-state index in [-0.39, 0.29) is 12.6 Å². The molecule has 0 spiro atoms. The molecule has 1 unspecified atom stereocenters. The number of aromatic nitrogens is 1. The van der Waals surface area contributed by atoms with E-state index >= 15 is 0 Å². The molecule has 194 valence electrons.